The molecule has 0 atom stereocenters. The number of likely N-dealkylation sites (tertiary alicyclic amines) is 1. The van der Waals surface area contributed by atoms with Crippen LogP contribution in [0.2, 0.25) is 0 Å². The molecule has 1 saturated carbocycles. The highest BCUT2D eigenvalue weighted by Gasteiger charge is 2.20. The quantitative estimate of drug-likeness (QED) is 0.734. The molecule has 0 spiro atoms. The first kappa shape index (κ1) is 18.9. The third-order valence-corrected chi connectivity index (χ3v) is 6.46. The van der Waals surface area contributed by atoms with Gasteiger partial charge >= 0.3 is 0 Å². The van der Waals surface area contributed by atoms with Crippen molar-refractivity contribution in [3.05, 3.63) is 17.7 Å². The molecule has 2 aliphatic heterocycles. The van der Waals surface area contributed by atoms with Crippen molar-refractivity contribution in [2.24, 2.45) is 5.92 Å². The minimum absolute atomic E-state index is 0.764. The van der Waals surface area contributed by atoms with Crippen LogP contribution >= 0.6 is 0 Å². The molecule has 0 radical (unpaired) electrons. The first-order chi connectivity index (χ1) is 13.3. The fourth-order valence-corrected chi connectivity index (χ4v) is 4.40. The van der Waals surface area contributed by atoms with Gasteiger partial charge in [0.15, 0.2) is 0 Å². The van der Waals surface area contributed by atoms with E-state index in [0.29, 0.717) is 0 Å². The average Bonchev–Trinajstić information content (AvgIpc) is 3.17. The SMILES string of the molecule is Cc1c(NCCN2CCCC2)cc(OCC2CCC2)cc1N1CCNCC1. The van der Waals surface area contributed by atoms with Crippen molar-refractivity contribution in [2.45, 2.75) is 39.0 Å². The molecule has 0 bridgehead atoms. The zero-order chi connectivity index (χ0) is 18.5. The number of ether oxygens (including phenoxy) is 1. The third-order valence-electron chi connectivity index (χ3n) is 6.46. The Morgan fingerprint density at radius 3 is 2.56 bits per heavy atom. The van der Waals surface area contributed by atoms with E-state index in [1.165, 1.54) is 62.1 Å². The predicted octanol–water partition coefficient (Wildman–Crippen LogP) is 3.09. The molecule has 1 aromatic carbocycles. The number of anilines is 2. The minimum Gasteiger partial charge on any atom is -0.493 e. The van der Waals surface area contributed by atoms with Crippen LogP contribution in [0.5, 0.6) is 5.75 Å². The van der Waals surface area contributed by atoms with E-state index in [4.69, 9.17) is 4.74 Å². The lowest BCUT2D eigenvalue weighted by Gasteiger charge is -2.32. The Labute approximate surface area is 164 Å². The predicted molar refractivity (Wildman–Crippen MR) is 113 cm³/mol. The second-order valence-electron chi connectivity index (χ2n) is 8.44. The maximum Gasteiger partial charge on any atom is 0.123 e. The third kappa shape index (κ3) is 4.88. The van der Waals surface area contributed by atoms with E-state index in [1.54, 1.807) is 0 Å². The average molecular weight is 373 g/mol. The molecule has 3 fully saturated rings. The topological polar surface area (TPSA) is 39.8 Å². The van der Waals surface area contributed by atoms with Gasteiger partial charge in [-0.2, -0.15) is 0 Å². The normalized spacial score (nSPS) is 21.3. The number of hydrogen-bond donors (Lipinski definition) is 2. The lowest BCUT2D eigenvalue weighted by atomic mass is 9.86. The zero-order valence-electron chi connectivity index (χ0n) is 16.9. The Morgan fingerprint density at radius 2 is 1.85 bits per heavy atom. The van der Waals surface area contributed by atoms with Gasteiger partial charge in [-0.15, -0.1) is 0 Å². The monoisotopic (exact) mass is 372 g/mol. The van der Waals surface area contributed by atoms with E-state index < -0.39 is 0 Å². The summed E-state index contributed by atoms with van der Waals surface area (Å²) in [6.45, 7) is 12.1. The summed E-state index contributed by atoms with van der Waals surface area (Å²) in [6.07, 6.45) is 6.75. The van der Waals surface area contributed by atoms with Gasteiger partial charge in [-0.3, -0.25) is 0 Å². The molecule has 0 unspecified atom stereocenters. The fourth-order valence-electron chi connectivity index (χ4n) is 4.40. The minimum atomic E-state index is 0.764. The standard InChI is InChI=1S/C22H36N4O/c1-18-21(24-9-12-25-10-2-3-11-25)15-20(27-17-19-5-4-6-19)16-22(18)26-13-7-23-8-14-26/h15-16,19,23-24H,2-14,17H2,1H3. The van der Waals surface area contributed by atoms with Gasteiger partial charge in [0.25, 0.3) is 0 Å². The molecule has 2 saturated heterocycles. The van der Waals surface area contributed by atoms with E-state index >= 15 is 0 Å². The van der Waals surface area contributed by atoms with Crippen molar-refractivity contribution in [1.29, 1.82) is 0 Å². The van der Waals surface area contributed by atoms with Gasteiger partial charge in [0, 0.05) is 62.8 Å². The number of piperazine rings is 1. The number of rotatable bonds is 8. The molecule has 2 heterocycles. The summed E-state index contributed by atoms with van der Waals surface area (Å²) in [4.78, 5) is 5.07. The lowest BCUT2D eigenvalue weighted by Crippen LogP contribution is -2.43. The summed E-state index contributed by atoms with van der Waals surface area (Å²) >= 11 is 0. The molecule has 5 heteroatoms. The summed E-state index contributed by atoms with van der Waals surface area (Å²) in [6, 6.07) is 4.49. The van der Waals surface area contributed by atoms with E-state index in [0.717, 1.165) is 57.5 Å². The van der Waals surface area contributed by atoms with Crippen molar-refractivity contribution in [3.8, 4) is 5.75 Å². The lowest BCUT2D eigenvalue weighted by molar-refractivity contribution is 0.180. The molecular formula is C22H36N4O. The van der Waals surface area contributed by atoms with Crippen LogP contribution in [0.1, 0.15) is 37.7 Å². The maximum atomic E-state index is 6.22. The molecule has 27 heavy (non-hydrogen) atoms. The summed E-state index contributed by atoms with van der Waals surface area (Å²) in [5.41, 5.74) is 3.94. The summed E-state index contributed by atoms with van der Waals surface area (Å²) < 4.78 is 6.22. The fraction of sp³-hybridized carbons (Fsp3) is 0.727. The van der Waals surface area contributed by atoms with Gasteiger partial charge in [-0.05, 0) is 57.2 Å². The Morgan fingerprint density at radius 1 is 1.07 bits per heavy atom. The molecule has 1 aromatic rings. The molecule has 0 amide bonds. The van der Waals surface area contributed by atoms with Crippen LogP contribution in [-0.4, -0.2) is 63.9 Å². The number of hydrogen-bond acceptors (Lipinski definition) is 5. The second-order valence-corrected chi connectivity index (χ2v) is 8.44. The molecule has 3 aliphatic rings. The maximum absolute atomic E-state index is 6.22. The van der Waals surface area contributed by atoms with Crippen molar-refractivity contribution in [3.63, 3.8) is 0 Å². The van der Waals surface area contributed by atoms with Crippen LogP contribution in [0.15, 0.2) is 12.1 Å². The van der Waals surface area contributed by atoms with Gasteiger partial charge in [-0.25, -0.2) is 0 Å². The highest BCUT2D eigenvalue weighted by atomic mass is 16.5. The van der Waals surface area contributed by atoms with E-state index in [9.17, 15) is 0 Å². The molecule has 4 rings (SSSR count). The van der Waals surface area contributed by atoms with Gasteiger partial charge in [0.05, 0.1) is 6.61 Å². The first-order valence-electron chi connectivity index (χ1n) is 11.0. The number of nitrogens with zero attached hydrogens (tertiary/aromatic N) is 2. The van der Waals surface area contributed by atoms with Gasteiger partial charge in [0.1, 0.15) is 5.75 Å². The van der Waals surface area contributed by atoms with Crippen LogP contribution < -0.4 is 20.3 Å². The number of benzene rings is 1. The smallest absolute Gasteiger partial charge is 0.123 e. The van der Waals surface area contributed by atoms with E-state index in [1.807, 2.05) is 0 Å². The Hall–Kier alpha value is -1.46. The number of nitrogens with one attached hydrogen (secondary N) is 2. The largest absolute Gasteiger partial charge is 0.493 e. The highest BCUT2D eigenvalue weighted by Crippen LogP contribution is 2.34. The Kier molecular flexibility index (Phi) is 6.40. The summed E-state index contributed by atoms with van der Waals surface area (Å²) in [7, 11) is 0. The second kappa shape index (κ2) is 9.16. The first-order valence-corrected chi connectivity index (χ1v) is 11.0. The highest BCUT2D eigenvalue weighted by molar-refractivity contribution is 5.69. The summed E-state index contributed by atoms with van der Waals surface area (Å²) in [5.74, 6) is 1.80. The van der Waals surface area contributed by atoms with Crippen LogP contribution in [0, 0.1) is 12.8 Å². The molecule has 1 aliphatic carbocycles. The van der Waals surface area contributed by atoms with Crippen molar-refractivity contribution in [1.82, 2.24) is 10.2 Å². The van der Waals surface area contributed by atoms with Gasteiger partial charge in [0.2, 0.25) is 0 Å². The van der Waals surface area contributed by atoms with Crippen LogP contribution in [-0.2, 0) is 0 Å². The van der Waals surface area contributed by atoms with Gasteiger partial charge in [-0.1, -0.05) is 6.42 Å². The molecular weight excluding hydrogens is 336 g/mol. The van der Waals surface area contributed by atoms with Crippen LogP contribution in [0.25, 0.3) is 0 Å². The van der Waals surface area contributed by atoms with Gasteiger partial charge < -0.3 is 25.2 Å². The molecule has 5 nitrogen and oxygen atoms in total. The van der Waals surface area contributed by atoms with Crippen LogP contribution in [0.3, 0.4) is 0 Å². The van der Waals surface area contributed by atoms with E-state index in [2.05, 4.69) is 39.5 Å². The van der Waals surface area contributed by atoms with Crippen molar-refractivity contribution in [2.75, 3.05) is 69.2 Å². The van der Waals surface area contributed by atoms with Crippen molar-refractivity contribution < 1.29 is 4.74 Å². The molecule has 0 aromatic heterocycles. The van der Waals surface area contributed by atoms with E-state index in [-0.39, 0.29) is 0 Å². The Balaban J connectivity index is 1.45. The van der Waals surface area contributed by atoms with Crippen molar-refractivity contribution >= 4 is 11.4 Å². The Bertz CT molecular complexity index is 605. The zero-order valence-corrected chi connectivity index (χ0v) is 16.9. The van der Waals surface area contributed by atoms with Crippen LogP contribution in [0.4, 0.5) is 11.4 Å². The summed E-state index contributed by atoms with van der Waals surface area (Å²) in [5, 5.41) is 7.17. The molecule has 150 valence electrons. The molecule has 2 N–H and O–H groups in total.